The number of carboxylic acids is 1. The number of aromatic hydroxyl groups is 1. The van der Waals surface area contributed by atoms with Gasteiger partial charge in [0.05, 0.1) is 6.61 Å². The van der Waals surface area contributed by atoms with Crippen LogP contribution in [0.5, 0.6) is 11.5 Å². The third-order valence-corrected chi connectivity index (χ3v) is 5.92. The summed E-state index contributed by atoms with van der Waals surface area (Å²) in [5.74, 6) is -0.472. The number of hydrogen-bond acceptors (Lipinski definition) is 3. The number of unbranched alkanes of at least 4 members (excludes halogenated alkanes) is 7. The molecule has 3 rings (SSSR count). The highest BCUT2D eigenvalue weighted by atomic mass is 16.5. The van der Waals surface area contributed by atoms with Gasteiger partial charge in [-0.2, -0.15) is 0 Å². The first-order chi connectivity index (χ1) is 16.1. The topological polar surface area (TPSA) is 66.8 Å². The van der Waals surface area contributed by atoms with Crippen molar-refractivity contribution in [2.24, 2.45) is 0 Å². The van der Waals surface area contributed by atoms with Gasteiger partial charge < -0.3 is 14.9 Å². The van der Waals surface area contributed by atoms with Gasteiger partial charge in [0.2, 0.25) is 0 Å². The van der Waals surface area contributed by atoms with Crippen LogP contribution in [0, 0.1) is 0 Å². The molecule has 0 atom stereocenters. The molecule has 3 aromatic rings. The molecule has 2 N–H and O–H groups in total. The highest BCUT2D eigenvalue weighted by molar-refractivity contribution is 5.94. The molecule has 3 aromatic carbocycles. The molecule has 174 valence electrons. The van der Waals surface area contributed by atoms with Crippen molar-refractivity contribution < 1.29 is 19.7 Å². The number of para-hydroxylation sites is 1. The minimum atomic E-state index is -1.14. The highest BCUT2D eigenvalue weighted by Gasteiger charge is 2.14. The van der Waals surface area contributed by atoms with Crippen molar-refractivity contribution in [1.82, 2.24) is 0 Å². The van der Waals surface area contributed by atoms with E-state index in [0.717, 1.165) is 35.5 Å². The van der Waals surface area contributed by atoms with E-state index < -0.39 is 5.97 Å². The van der Waals surface area contributed by atoms with E-state index in [2.05, 4.69) is 6.92 Å². The van der Waals surface area contributed by atoms with Gasteiger partial charge in [0, 0.05) is 5.56 Å². The second-order valence-electron chi connectivity index (χ2n) is 8.43. The van der Waals surface area contributed by atoms with Gasteiger partial charge in [0.25, 0.3) is 0 Å². The van der Waals surface area contributed by atoms with Crippen LogP contribution >= 0.6 is 0 Å². The average Bonchev–Trinajstić information content (AvgIpc) is 2.83. The second-order valence-corrected chi connectivity index (χ2v) is 8.43. The SMILES string of the molecule is CCCCCCCCCCOc1ccc(-c2ccc(-c3cccc(C(=O)O)c3O)cc2)cc1. The molecule has 0 amide bonds. The van der Waals surface area contributed by atoms with E-state index in [0.29, 0.717) is 5.56 Å². The second kappa shape index (κ2) is 12.7. The number of hydrogen-bond donors (Lipinski definition) is 2. The maximum atomic E-state index is 11.3. The summed E-state index contributed by atoms with van der Waals surface area (Å²) >= 11 is 0. The van der Waals surface area contributed by atoms with Crippen LogP contribution in [0.25, 0.3) is 22.3 Å². The third-order valence-electron chi connectivity index (χ3n) is 5.92. The Morgan fingerprint density at radius 3 is 1.88 bits per heavy atom. The Hall–Kier alpha value is -3.27. The lowest BCUT2D eigenvalue weighted by atomic mass is 9.98. The molecule has 0 aliphatic carbocycles. The predicted molar refractivity (Wildman–Crippen MR) is 134 cm³/mol. The van der Waals surface area contributed by atoms with Crippen LogP contribution < -0.4 is 4.74 Å². The normalized spacial score (nSPS) is 10.8. The zero-order valence-corrected chi connectivity index (χ0v) is 19.4. The molecule has 0 spiro atoms. The van der Waals surface area contributed by atoms with Crippen molar-refractivity contribution in [2.45, 2.75) is 58.3 Å². The third kappa shape index (κ3) is 7.11. The molecule has 4 heteroatoms. The first kappa shape index (κ1) is 24.4. The van der Waals surface area contributed by atoms with E-state index in [1.165, 1.54) is 51.0 Å². The van der Waals surface area contributed by atoms with Crippen LogP contribution in [0.15, 0.2) is 66.7 Å². The minimum absolute atomic E-state index is 0.0980. The highest BCUT2D eigenvalue weighted by Crippen LogP contribution is 2.33. The van der Waals surface area contributed by atoms with Crippen molar-refractivity contribution in [1.29, 1.82) is 0 Å². The van der Waals surface area contributed by atoms with Gasteiger partial charge >= 0.3 is 5.97 Å². The Bertz CT molecular complexity index is 1010. The van der Waals surface area contributed by atoms with Crippen LogP contribution in [0.2, 0.25) is 0 Å². The van der Waals surface area contributed by atoms with Crippen molar-refractivity contribution in [3.8, 4) is 33.8 Å². The molecule has 4 nitrogen and oxygen atoms in total. The summed E-state index contributed by atoms with van der Waals surface area (Å²) in [7, 11) is 0. The molecule has 0 unspecified atom stereocenters. The van der Waals surface area contributed by atoms with Crippen molar-refractivity contribution in [3.63, 3.8) is 0 Å². The van der Waals surface area contributed by atoms with E-state index >= 15 is 0 Å². The summed E-state index contributed by atoms with van der Waals surface area (Å²) in [6.45, 7) is 3.00. The average molecular weight is 447 g/mol. The van der Waals surface area contributed by atoms with E-state index in [1.807, 2.05) is 48.5 Å². The lowest BCUT2D eigenvalue weighted by Crippen LogP contribution is -1.97. The quantitative estimate of drug-likeness (QED) is 0.261. The molecule has 33 heavy (non-hydrogen) atoms. The summed E-state index contributed by atoms with van der Waals surface area (Å²) in [6.07, 6.45) is 10.3. The summed E-state index contributed by atoms with van der Waals surface area (Å²) in [5.41, 5.74) is 3.29. The Morgan fingerprint density at radius 2 is 1.27 bits per heavy atom. The van der Waals surface area contributed by atoms with Crippen LogP contribution in [0.4, 0.5) is 0 Å². The molecule has 0 radical (unpaired) electrons. The lowest BCUT2D eigenvalue weighted by molar-refractivity contribution is 0.0694. The predicted octanol–water partition coefficient (Wildman–Crippen LogP) is 7.94. The Balaban J connectivity index is 1.50. The van der Waals surface area contributed by atoms with Gasteiger partial charge in [0.1, 0.15) is 17.1 Å². The van der Waals surface area contributed by atoms with Gasteiger partial charge in [-0.15, -0.1) is 0 Å². The van der Waals surface area contributed by atoms with Gasteiger partial charge in [0.15, 0.2) is 0 Å². The molecule has 0 saturated carbocycles. The number of aromatic carboxylic acids is 1. The summed E-state index contributed by atoms with van der Waals surface area (Å²) in [6, 6.07) is 20.6. The number of benzene rings is 3. The summed E-state index contributed by atoms with van der Waals surface area (Å²) < 4.78 is 5.89. The molecular formula is C29H34O4. The van der Waals surface area contributed by atoms with Crippen LogP contribution in [0.3, 0.4) is 0 Å². The van der Waals surface area contributed by atoms with Gasteiger partial charge in [-0.05, 0) is 41.3 Å². The maximum absolute atomic E-state index is 11.3. The first-order valence-corrected chi connectivity index (χ1v) is 12.0. The van der Waals surface area contributed by atoms with Gasteiger partial charge in [-0.3, -0.25) is 0 Å². The van der Waals surface area contributed by atoms with Gasteiger partial charge in [-0.25, -0.2) is 4.79 Å². The minimum Gasteiger partial charge on any atom is -0.506 e. The number of carbonyl (C=O) groups is 1. The Labute approximate surface area is 196 Å². The molecule has 0 fully saturated rings. The maximum Gasteiger partial charge on any atom is 0.339 e. The van der Waals surface area contributed by atoms with Crippen LogP contribution in [-0.2, 0) is 0 Å². The number of phenols is 1. The van der Waals surface area contributed by atoms with E-state index in [4.69, 9.17) is 4.74 Å². The molecule has 0 aliphatic heterocycles. The zero-order valence-electron chi connectivity index (χ0n) is 19.4. The summed E-state index contributed by atoms with van der Waals surface area (Å²) in [4.78, 5) is 11.3. The monoisotopic (exact) mass is 446 g/mol. The fourth-order valence-electron chi connectivity index (χ4n) is 3.96. The van der Waals surface area contributed by atoms with E-state index in [-0.39, 0.29) is 11.3 Å². The standard InChI is InChI=1S/C29H34O4/c1-2-3-4-5-6-7-8-9-21-33-25-19-17-23(18-20-25)22-13-15-24(16-14-22)26-11-10-12-27(28(26)30)29(31)32/h10-20,30H,2-9,21H2,1H3,(H,31,32). The first-order valence-electron chi connectivity index (χ1n) is 12.0. The Kier molecular flexibility index (Phi) is 9.37. The van der Waals surface area contributed by atoms with Crippen molar-refractivity contribution in [2.75, 3.05) is 6.61 Å². The number of rotatable bonds is 13. The fraction of sp³-hybridized carbons (Fsp3) is 0.345. The molecule has 0 saturated heterocycles. The largest absolute Gasteiger partial charge is 0.506 e. The van der Waals surface area contributed by atoms with Crippen LogP contribution in [0.1, 0.15) is 68.6 Å². The molecular weight excluding hydrogens is 412 g/mol. The summed E-state index contributed by atoms with van der Waals surface area (Å²) in [5, 5.41) is 19.5. The van der Waals surface area contributed by atoms with Crippen LogP contribution in [-0.4, -0.2) is 22.8 Å². The molecule has 0 heterocycles. The Morgan fingerprint density at radius 1 is 0.727 bits per heavy atom. The number of carboxylic acid groups (broad SMARTS) is 1. The van der Waals surface area contributed by atoms with Gasteiger partial charge in [-0.1, -0.05) is 100 Å². The van der Waals surface area contributed by atoms with E-state index in [9.17, 15) is 15.0 Å². The molecule has 0 aliphatic rings. The molecule has 0 aromatic heterocycles. The van der Waals surface area contributed by atoms with Crippen molar-refractivity contribution >= 4 is 5.97 Å². The smallest absolute Gasteiger partial charge is 0.339 e. The molecule has 0 bridgehead atoms. The van der Waals surface area contributed by atoms with E-state index in [1.54, 1.807) is 12.1 Å². The number of ether oxygens (including phenoxy) is 1. The zero-order chi connectivity index (χ0) is 23.5. The van der Waals surface area contributed by atoms with Crippen molar-refractivity contribution in [3.05, 3.63) is 72.3 Å². The fourth-order valence-corrected chi connectivity index (χ4v) is 3.96. The lowest BCUT2D eigenvalue weighted by Gasteiger charge is -2.10.